The molecule has 0 bridgehead atoms. The van der Waals surface area contributed by atoms with Gasteiger partial charge in [-0.15, -0.1) is 0 Å². The van der Waals surface area contributed by atoms with Crippen molar-refractivity contribution in [3.05, 3.63) is 71.9 Å². The van der Waals surface area contributed by atoms with Crippen LogP contribution in [-0.2, 0) is 12.1 Å². The third kappa shape index (κ3) is 2.78. The van der Waals surface area contributed by atoms with Gasteiger partial charge in [-0.05, 0) is 42.6 Å². The smallest absolute Gasteiger partial charge is 0.103 e. The summed E-state index contributed by atoms with van der Waals surface area (Å²) in [5.41, 5.74) is 2.68. The highest BCUT2D eigenvalue weighted by molar-refractivity contribution is 5.83. The molecule has 2 heterocycles. The number of H-pyrrole nitrogens is 1. The summed E-state index contributed by atoms with van der Waals surface area (Å²) in [6, 6.07) is 18.7. The maximum atomic E-state index is 11.4. The summed E-state index contributed by atoms with van der Waals surface area (Å²) in [5, 5.41) is 12.5. The Labute approximate surface area is 136 Å². The van der Waals surface area contributed by atoms with Gasteiger partial charge in [0.1, 0.15) is 5.60 Å². The van der Waals surface area contributed by atoms with Crippen LogP contribution in [0.2, 0.25) is 0 Å². The second-order valence-corrected chi connectivity index (χ2v) is 6.58. The van der Waals surface area contributed by atoms with Crippen LogP contribution in [0.25, 0.3) is 10.9 Å². The summed E-state index contributed by atoms with van der Waals surface area (Å²) in [6.45, 7) is 2.62. The van der Waals surface area contributed by atoms with Crippen LogP contribution in [0.4, 0.5) is 0 Å². The normalized spacial score (nSPS) is 22.5. The Morgan fingerprint density at radius 2 is 1.91 bits per heavy atom. The first-order valence-electron chi connectivity index (χ1n) is 8.30. The first kappa shape index (κ1) is 14.5. The van der Waals surface area contributed by atoms with Crippen molar-refractivity contribution in [2.24, 2.45) is 0 Å². The molecular formula is C20H22N2O. The number of benzene rings is 2. The van der Waals surface area contributed by atoms with Crippen LogP contribution in [0, 0.1) is 0 Å². The van der Waals surface area contributed by atoms with Gasteiger partial charge in [0.2, 0.25) is 0 Å². The van der Waals surface area contributed by atoms with E-state index in [1.807, 2.05) is 18.3 Å². The first-order chi connectivity index (χ1) is 11.2. The third-order valence-corrected chi connectivity index (χ3v) is 4.90. The molecule has 0 radical (unpaired) electrons. The van der Waals surface area contributed by atoms with Crippen molar-refractivity contribution in [3.63, 3.8) is 0 Å². The molecule has 1 fully saturated rings. The molecule has 0 saturated carbocycles. The number of aliphatic hydroxyl groups is 1. The topological polar surface area (TPSA) is 39.3 Å². The Morgan fingerprint density at radius 3 is 2.78 bits per heavy atom. The number of hydrogen-bond acceptors (Lipinski definition) is 2. The van der Waals surface area contributed by atoms with Crippen molar-refractivity contribution in [1.82, 2.24) is 9.88 Å². The second-order valence-electron chi connectivity index (χ2n) is 6.58. The molecule has 1 atom stereocenters. The Hall–Kier alpha value is -2.10. The van der Waals surface area contributed by atoms with Crippen molar-refractivity contribution in [1.29, 1.82) is 0 Å². The summed E-state index contributed by atoms with van der Waals surface area (Å²) >= 11 is 0. The zero-order valence-electron chi connectivity index (χ0n) is 13.2. The van der Waals surface area contributed by atoms with E-state index in [1.54, 1.807) is 0 Å². The number of hydrogen-bond donors (Lipinski definition) is 2. The van der Waals surface area contributed by atoms with Crippen molar-refractivity contribution in [2.45, 2.75) is 25.0 Å². The third-order valence-electron chi connectivity index (χ3n) is 4.90. The molecule has 1 aromatic heterocycles. The highest BCUT2D eigenvalue weighted by atomic mass is 16.3. The molecule has 1 saturated heterocycles. The van der Waals surface area contributed by atoms with Gasteiger partial charge in [-0.25, -0.2) is 0 Å². The molecule has 2 aromatic carbocycles. The number of nitrogens with one attached hydrogen (secondary N) is 1. The molecule has 1 aliphatic heterocycles. The van der Waals surface area contributed by atoms with E-state index in [9.17, 15) is 5.11 Å². The standard InChI is InChI=1S/C20H22N2O/c23-20(18-8-4-9-19-17(18)10-12-21-19)11-5-13-22(15-20)14-16-6-2-1-3-7-16/h1-4,6-10,12,21,23H,5,11,13-15H2. The van der Waals surface area contributed by atoms with Gasteiger partial charge in [-0.2, -0.15) is 0 Å². The van der Waals surface area contributed by atoms with Crippen LogP contribution < -0.4 is 0 Å². The van der Waals surface area contributed by atoms with Gasteiger partial charge < -0.3 is 10.1 Å². The van der Waals surface area contributed by atoms with Crippen molar-refractivity contribution in [3.8, 4) is 0 Å². The fourth-order valence-corrected chi connectivity index (χ4v) is 3.81. The lowest BCUT2D eigenvalue weighted by Crippen LogP contribution is -2.45. The van der Waals surface area contributed by atoms with Crippen LogP contribution in [-0.4, -0.2) is 28.1 Å². The average molecular weight is 306 g/mol. The molecule has 3 nitrogen and oxygen atoms in total. The fraction of sp³-hybridized carbons (Fsp3) is 0.300. The average Bonchev–Trinajstić information content (AvgIpc) is 3.04. The van der Waals surface area contributed by atoms with E-state index in [0.717, 1.165) is 42.4 Å². The van der Waals surface area contributed by atoms with Gasteiger partial charge in [0.05, 0.1) is 0 Å². The first-order valence-corrected chi connectivity index (χ1v) is 8.30. The zero-order chi connectivity index (χ0) is 15.7. The van der Waals surface area contributed by atoms with E-state index in [0.29, 0.717) is 6.54 Å². The lowest BCUT2D eigenvalue weighted by atomic mass is 9.84. The van der Waals surface area contributed by atoms with E-state index in [-0.39, 0.29) is 0 Å². The predicted molar refractivity (Wildman–Crippen MR) is 93.1 cm³/mol. The summed E-state index contributed by atoms with van der Waals surface area (Å²) in [6.07, 6.45) is 3.79. The van der Waals surface area contributed by atoms with Crippen LogP contribution in [0.3, 0.4) is 0 Å². The molecule has 0 aliphatic carbocycles. The van der Waals surface area contributed by atoms with Gasteiger partial charge in [0.25, 0.3) is 0 Å². The monoisotopic (exact) mass is 306 g/mol. The molecule has 118 valence electrons. The molecular weight excluding hydrogens is 284 g/mol. The van der Waals surface area contributed by atoms with E-state index < -0.39 is 5.60 Å². The molecule has 4 rings (SSSR count). The predicted octanol–water partition coefficient (Wildman–Crippen LogP) is 3.65. The molecule has 3 aromatic rings. The highest BCUT2D eigenvalue weighted by Crippen LogP contribution is 2.36. The largest absolute Gasteiger partial charge is 0.384 e. The molecule has 23 heavy (non-hydrogen) atoms. The highest BCUT2D eigenvalue weighted by Gasteiger charge is 2.36. The number of β-amino-alcohol motifs (C(OH)–C–C–N with tert-alkyl or cyclic N) is 1. The molecule has 1 aliphatic rings. The minimum absolute atomic E-state index is 0.687. The Kier molecular flexibility index (Phi) is 3.68. The zero-order valence-corrected chi connectivity index (χ0v) is 13.2. The number of fused-ring (bicyclic) bond motifs is 1. The molecule has 0 spiro atoms. The van der Waals surface area contributed by atoms with Crippen LogP contribution in [0.5, 0.6) is 0 Å². The number of nitrogens with zero attached hydrogens (tertiary/aromatic N) is 1. The van der Waals surface area contributed by atoms with Gasteiger partial charge in [0.15, 0.2) is 0 Å². The minimum atomic E-state index is -0.769. The fourth-order valence-electron chi connectivity index (χ4n) is 3.81. The van der Waals surface area contributed by atoms with Gasteiger partial charge in [-0.3, -0.25) is 4.90 Å². The Balaban J connectivity index is 1.61. The lowest BCUT2D eigenvalue weighted by Gasteiger charge is -2.40. The molecule has 1 unspecified atom stereocenters. The summed E-state index contributed by atoms with van der Waals surface area (Å²) in [5.74, 6) is 0. The van der Waals surface area contributed by atoms with Crippen LogP contribution >= 0.6 is 0 Å². The van der Waals surface area contributed by atoms with E-state index >= 15 is 0 Å². The summed E-state index contributed by atoms with van der Waals surface area (Å²) < 4.78 is 0. The maximum Gasteiger partial charge on any atom is 0.103 e. The van der Waals surface area contributed by atoms with Crippen molar-refractivity contribution < 1.29 is 5.11 Å². The maximum absolute atomic E-state index is 11.4. The number of likely N-dealkylation sites (tertiary alicyclic amines) is 1. The Bertz CT molecular complexity index is 796. The van der Waals surface area contributed by atoms with E-state index in [4.69, 9.17) is 0 Å². The molecule has 3 heteroatoms. The quantitative estimate of drug-likeness (QED) is 0.775. The summed E-state index contributed by atoms with van der Waals surface area (Å²) in [7, 11) is 0. The second kappa shape index (κ2) is 5.84. The minimum Gasteiger partial charge on any atom is -0.384 e. The number of aromatic amines is 1. The number of aromatic nitrogens is 1. The van der Waals surface area contributed by atoms with Gasteiger partial charge in [0, 0.05) is 30.2 Å². The van der Waals surface area contributed by atoms with E-state index in [2.05, 4.69) is 52.3 Å². The van der Waals surface area contributed by atoms with Gasteiger partial charge in [-0.1, -0.05) is 42.5 Å². The van der Waals surface area contributed by atoms with E-state index in [1.165, 1.54) is 5.56 Å². The van der Waals surface area contributed by atoms with Crippen LogP contribution in [0.1, 0.15) is 24.0 Å². The van der Waals surface area contributed by atoms with Crippen LogP contribution in [0.15, 0.2) is 60.8 Å². The van der Waals surface area contributed by atoms with Gasteiger partial charge >= 0.3 is 0 Å². The Morgan fingerprint density at radius 1 is 1.04 bits per heavy atom. The number of rotatable bonds is 3. The van der Waals surface area contributed by atoms with Crippen molar-refractivity contribution >= 4 is 10.9 Å². The SMILES string of the molecule is OC1(c2cccc3[nH]ccc23)CCCN(Cc2ccccc2)C1. The molecule has 0 amide bonds. The number of piperidine rings is 1. The molecule has 2 N–H and O–H groups in total. The summed E-state index contributed by atoms with van der Waals surface area (Å²) in [4.78, 5) is 5.61. The van der Waals surface area contributed by atoms with Crippen molar-refractivity contribution in [2.75, 3.05) is 13.1 Å². The lowest BCUT2D eigenvalue weighted by molar-refractivity contribution is -0.0370.